The number of likely N-dealkylation sites (tertiary alicyclic amines) is 1. The highest BCUT2D eigenvalue weighted by Gasteiger charge is 2.19. The first-order valence-electron chi connectivity index (χ1n) is 9.54. The molecule has 0 bridgehead atoms. The van der Waals surface area contributed by atoms with E-state index < -0.39 is 5.91 Å². The van der Waals surface area contributed by atoms with Crippen LogP contribution in [0.15, 0.2) is 48.9 Å². The molecule has 8 heteroatoms. The van der Waals surface area contributed by atoms with Gasteiger partial charge in [-0.1, -0.05) is 0 Å². The third-order valence-corrected chi connectivity index (χ3v) is 4.83. The van der Waals surface area contributed by atoms with Gasteiger partial charge < -0.3 is 20.1 Å². The molecule has 0 saturated carbocycles. The zero-order valence-corrected chi connectivity index (χ0v) is 15.9. The summed E-state index contributed by atoms with van der Waals surface area (Å²) >= 11 is 0. The van der Waals surface area contributed by atoms with Crippen molar-refractivity contribution < 1.29 is 19.1 Å². The Kier molecular flexibility index (Phi) is 5.33. The molecule has 1 fully saturated rings. The van der Waals surface area contributed by atoms with Gasteiger partial charge in [-0.3, -0.25) is 14.0 Å². The van der Waals surface area contributed by atoms with Crippen LogP contribution < -0.4 is 15.2 Å². The Morgan fingerprint density at radius 2 is 1.97 bits per heavy atom. The van der Waals surface area contributed by atoms with Gasteiger partial charge in [0.05, 0.1) is 18.3 Å². The molecule has 1 aliphatic heterocycles. The molecule has 1 aliphatic rings. The monoisotopic (exact) mass is 394 g/mol. The number of imidazole rings is 1. The molecular formula is C21H22N4O4. The lowest BCUT2D eigenvalue weighted by Crippen LogP contribution is -2.26. The van der Waals surface area contributed by atoms with E-state index in [4.69, 9.17) is 15.2 Å². The second-order valence-electron chi connectivity index (χ2n) is 6.89. The number of carbonyl (C=O) groups is 2. The SMILES string of the molecule is NC(=O)c1cc(Oc2ccc(OCCCN3CCCC3=O)cc2)n2cncc2c1. The molecule has 150 valence electrons. The molecule has 8 nitrogen and oxygen atoms in total. The average molecular weight is 394 g/mol. The van der Waals surface area contributed by atoms with Gasteiger partial charge in [0, 0.05) is 31.1 Å². The maximum absolute atomic E-state index is 11.6. The number of benzene rings is 1. The standard InChI is InChI=1S/C21H22N4O4/c22-21(27)15-11-16-13-23-14-25(16)20(12-15)29-18-6-4-17(5-7-18)28-10-2-9-24-8-1-3-19(24)26/h4-7,11-14H,1-3,8-10H2,(H2,22,27). The molecule has 0 aliphatic carbocycles. The van der Waals surface area contributed by atoms with Crippen LogP contribution in [0.25, 0.3) is 5.52 Å². The lowest BCUT2D eigenvalue weighted by Gasteiger charge is -2.15. The van der Waals surface area contributed by atoms with Crippen LogP contribution in [0.1, 0.15) is 29.6 Å². The Bertz CT molecular complexity index is 1030. The summed E-state index contributed by atoms with van der Waals surface area (Å²) in [5, 5.41) is 0. The highest BCUT2D eigenvalue weighted by molar-refractivity contribution is 5.94. The van der Waals surface area contributed by atoms with Crippen LogP contribution >= 0.6 is 0 Å². The number of aromatic nitrogens is 2. The molecule has 0 atom stereocenters. The van der Waals surface area contributed by atoms with Crippen molar-refractivity contribution in [2.24, 2.45) is 5.73 Å². The summed E-state index contributed by atoms with van der Waals surface area (Å²) in [7, 11) is 0. The topological polar surface area (TPSA) is 99.2 Å². The van der Waals surface area contributed by atoms with Gasteiger partial charge in [0.15, 0.2) is 0 Å². The van der Waals surface area contributed by atoms with Gasteiger partial charge in [0.25, 0.3) is 0 Å². The van der Waals surface area contributed by atoms with E-state index in [9.17, 15) is 9.59 Å². The van der Waals surface area contributed by atoms with Crippen molar-refractivity contribution in [3.8, 4) is 17.4 Å². The van der Waals surface area contributed by atoms with Crippen molar-refractivity contribution in [2.75, 3.05) is 19.7 Å². The Balaban J connectivity index is 1.36. The molecular weight excluding hydrogens is 372 g/mol. The number of nitrogens with two attached hydrogens (primary N) is 1. The summed E-state index contributed by atoms with van der Waals surface area (Å²) in [4.78, 5) is 29.1. The van der Waals surface area contributed by atoms with Gasteiger partial charge in [0.1, 0.15) is 17.8 Å². The van der Waals surface area contributed by atoms with Gasteiger partial charge in [0.2, 0.25) is 17.7 Å². The molecule has 4 rings (SSSR count). The predicted molar refractivity (Wildman–Crippen MR) is 106 cm³/mol. The van der Waals surface area contributed by atoms with Crippen molar-refractivity contribution in [3.05, 3.63) is 54.5 Å². The molecule has 3 aromatic rings. The quantitative estimate of drug-likeness (QED) is 0.592. The van der Waals surface area contributed by atoms with E-state index in [1.807, 2.05) is 17.0 Å². The molecule has 0 radical (unpaired) electrons. The number of hydrogen-bond acceptors (Lipinski definition) is 5. The second-order valence-corrected chi connectivity index (χ2v) is 6.89. The summed E-state index contributed by atoms with van der Waals surface area (Å²) in [5.74, 6) is 1.47. The minimum absolute atomic E-state index is 0.235. The van der Waals surface area contributed by atoms with Crippen LogP contribution in [0.3, 0.4) is 0 Å². The number of pyridine rings is 1. The lowest BCUT2D eigenvalue weighted by atomic mass is 10.2. The smallest absolute Gasteiger partial charge is 0.248 e. The summed E-state index contributed by atoms with van der Waals surface area (Å²) in [6.45, 7) is 2.13. The number of primary amides is 1. The molecule has 2 aromatic heterocycles. The zero-order valence-electron chi connectivity index (χ0n) is 15.9. The van der Waals surface area contributed by atoms with Crippen LogP contribution in [0, 0.1) is 0 Å². The van der Waals surface area contributed by atoms with E-state index in [0.717, 1.165) is 31.7 Å². The van der Waals surface area contributed by atoms with Crippen molar-refractivity contribution in [3.63, 3.8) is 0 Å². The van der Waals surface area contributed by atoms with E-state index in [0.29, 0.717) is 35.7 Å². The van der Waals surface area contributed by atoms with Gasteiger partial charge in [-0.2, -0.15) is 0 Å². The van der Waals surface area contributed by atoms with Crippen molar-refractivity contribution in [1.82, 2.24) is 14.3 Å². The summed E-state index contributed by atoms with van der Waals surface area (Å²) in [6, 6.07) is 10.5. The van der Waals surface area contributed by atoms with E-state index >= 15 is 0 Å². The molecule has 0 spiro atoms. The average Bonchev–Trinajstić information content (AvgIpc) is 3.35. The first kappa shape index (κ1) is 18.8. The Morgan fingerprint density at radius 1 is 1.17 bits per heavy atom. The fourth-order valence-electron chi connectivity index (χ4n) is 3.33. The van der Waals surface area contributed by atoms with Crippen LogP contribution in [0.5, 0.6) is 17.4 Å². The normalized spacial score (nSPS) is 13.8. The Labute approximate surface area is 167 Å². The van der Waals surface area contributed by atoms with Crippen LogP contribution in [0.4, 0.5) is 0 Å². The Hall–Kier alpha value is -3.55. The minimum Gasteiger partial charge on any atom is -0.494 e. The van der Waals surface area contributed by atoms with Gasteiger partial charge in [-0.05, 0) is 43.2 Å². The van der Waals surface area contributed by atoms with Crippen LogP contribution in [-0.4, -0.2) is 45.8 Å². The molecule has 1 saturated heterocycles. The van der Waals surface area contributed by atoms with E-state index in [2.05, 4.69) is 4.98 Å². The van der Waals surface area contributed by atoms with Crippen LogP contribution in [-0.2, 0) is 4.79 Å². The highest BCUT2D eigenvalue weighted by Crippen LogP contribution is 2.26. The van der Waals surface area contributed by atoms with Crippen molar-refractivity contribution >= 4 is 17.3 Å². The van der Waals surface area contributed by atoms with Gasteiger partial charge in [-0.25, -0.2) is 4.98 Å². The third kappa shape index (κ3) is 4.31. The molecule has 3 heterocycles. The summed E-state index contributed by atoms with van der Waals surface area (Å²) in [6.07, 6.45) is 5.65. The third-order valence-electron chi connectivity index (χ3n) is 4.83. The maximum Gasteiger partial charge on any atom is 0.248 e. The zero-order chi connectivity index (χ0) is 20.2. The van der Waals surface area contributed by atoms with Crippen molar-refractivity contribution in [2.45, 2.75) is 19.3 Å². The van der Waals surface area contributed by atoms with Gasteiger partial charge in [-0.15, -0.1) is 0 Å². The largest absolute Gasteiger partial charge is 0.494 e. The Morgan fingerprint density at radius 3 is 2.69 bits per heavy atom. The maximum atomic E-state index is 11.6. The lowest BCUT2D eigenvalue weighted by molar-refractivity contribution is -0.127. The second kappa shape index (κ2) is 8.22. The number of carbonyl (C=O) groups excluding carboxylic acids is 2. The number of fused-ring (bicyclic) bond motifs is 1. The fourth-order valence-corrected chi connectivity index (χ4v) is 3.33. The van der Waals surface area contributed by atoms with Gasteiger partial charge >= 0.3 is 0 Å². The number of nitrogens with zero attached hydrogens (tertiary/aromatic N) is 3. The highest BCUT2D eigenvalue weighted by atomic mass is 16.5. The number of amides is 2. The number of rotatable bonds is 8. The molecule has 2 N–H and O–H groups in total. The van der Waals surface area contributed by atoms with E-state index in [-0.39, 0.29) is 5.91 Å². The summed E-state index contributed by atoms with van der Waals surface area (Å²) < 4.78 is 13.4. The van der Waals surface area contributed by atoms with E-state index in [1.165, 1.54) is 0 Å². The fraction of sp³-hybridized carbons (Fsp3) is 0.286. The van der Waals surface area contributed by atoms with E-state index in [1.54, 1.807) is 41.2 Å². The van der Waals surface area contributed by atoms with Crippen LogP contribution in [0.2, 0.25) is 0 Å². The number of ether oxygens (including phenoxy) is 2. The molecule has 0 unspecified atom stereocenters. The first-order chi connectivity index (χ1) is 14.1. The first-order valence-corrected chi connectivity index (χ1v) is 9.54. The summed E-state index contributed by atoms with van der Waals surface area (Å²) in [5.41, 5.74) is 6.47. The molecule has 29 heavy (non-hydrogen) atoms. The number of hydrogen-bond donors (Lipinski definition) is 1. The molecule has 1 aromatic carbocycles. The predicted octanol–water partition coefficient (Wildman–Crippen LogP) is 2.62. The molecule has 2 amide bonds. The van der Waals surface area contributed by atoms with Crippen molar-refractivity contribution in [1.29, 1.82) is 0 Å². The minimum atomic E-state index is -0.530.